The third-order valence-electron chi connectivity index (χ3n) is 3.55. The molecule has 0 fully saturated rings. The minimum absolute atomic E-state index is 0.280. The lowest BCUT2D eigenvalue weighted by Crippen LogP contribution is -2.14. The maximum absolute atomic E-state index is 13.5. The second-order valence-electron chi connectivity index (χ2n) is 5.22. The number of rotatable bonds is 6. The number of anilines is 1. The molecule has 1 aromatic heterocycles. The molecule has 6 heteroatoms. The summed E-state index contributed by atoms with van der Waals surface area (Å²) in [6.45, 7) is 0.702. The number of amides is 1. The lowest BCUT2D eigenvalue weighted by Gasteiger charge is -2.12. The molecule has 0 aliphatic carbocycles. The average molecular weight is 328 g/mol. The van der Waals surface area contributed by atoms with E-state index in [0.29, 0.717) is 24.5 Å². The molecule has 1 amide bonds. The van der Waals surface area contributed by atoms with E-state index in [1.807, 2.05) is 12.1 Å². The van der Waals surface area contributed by atoms with Gasteiger partial charge in [0.05, 0.1) is 12.3 Å². The summed E-state index contributed by atoms with van der Waals surface area (Å²) in [7, 11) is 1.56. The zero-order chi connectivity index (χ0) is 16.9. The maximum Gasteiger partial charge on any atom is 0.255 e. The predicted octanol–water partition coefficient (Wildman–Crippen LogP) is 3.58. The molecule has 0 bridgehead atoms. The Morgan fingerprint density at radius 3 is 2.88 bits per heavy atom. The topological polar surface area (TPSA) is 63.4 Å². The number of fused-ring (bicyclic) bond motifs is 1. The SMILES string of the molecule is COCCOc1ccc(F)cc1NC(=O)c1ccc2cc[nH]c2c1. The summed E-state index contributed by atoms with van der Waals surface area (Å²) in [4.78, 5) is 15.5. The molecule has 0 unspecified atom stereocenters. The fourth-order valence-corrected chi connectivity index (χ4v) is 2.34. The van der Waals surface area contributed by atoms with Crippen molar-refractivity contribution in [2.45, 2.75) is 0 Å². The molecule has 24 heavy (non-hydrogen) atoms. The van der Waals surface area contributed by atoms with Gasteiger partial charge in [-0.1, -0.05) is 6.07 Å². The van der Waals surface area contributed by atoms with E-state index >= 15 is 0 Å². The van der Waals surface area contributed by atoms with E-state index in [2.05, 4.69) is 10.3 Å². The van der Waals surface area contributed by atoms with E-state index in [1.54, 1.807) is 25.4 Å². The molecular formula is C18H17FN2O3. The van der Waals surface area contributed by atoms with Crippen molar-refractivity contribution in [1.82, 2.24) is 4.98 Å². The molecule has 0 aliphatic rings. The Balaban J connectivity index is 1.80. The molecule has 0 atom stereocenters. The molecular weight excluding hydrogens is 311 g/mol. The summed E-state index contributed by atoms with van der Waals surface area (Å²) in [6.07, 6.45) is 1.81. The first kappa shape index (κ1) is 16.0. The molecule has 124 valence electrons. The van der Waals surface area contributed by atoms with Gasteiger partial charge in [-0.3, -0.25) is 4.79 Å². The maximum atomic E-state index is 13.5. The number of carbonyl (C=O) groups is 1. The third kappa shape index (κ3) is 3.55. The number of carbonyl (C=O) groups excluding carboxylic acids is 1. The zero-order valence-electron chi connectivity index (χ0n) is 13.1. The number of nitrogens with one attached hydrogen (secondary N) is 2. The van der Waals surface area contributed by atoms with E-state index in [4.69, 9.17) is 9.47 Å². The monoisotopic (exact) mass is 328 g/mol. The van der Waals surface area contributed by atoms with Crippen LogP contribution in [-0.2, 0) is 4.74 Å². The minimum atomic E-state index is -0.454. The average Bonchev–Trinajstić information content (AvgIpc) is 3.04. The number of hydrogen-bond acceptors (Lipinski definition) is 3. The van der Waals surface area contributed by atoms with Gasteiger partial charge in [-0.05, 0) is 35.7 Å². The van der Waals surface area contributed by atoms with Crippen LogP contribution in [0.4, 0.5) is 10.1 Å². The molecule has 0 spiro atoms. The summed E-state index contributed by atoms with van der Waals surface area (Å²) >= 11 is 0. The van der Waals surface area contributed by atoms with Crippen LogP contribution in [0.5, 0.6) is 5.75 Å². The van der Waals surface area contributed by atoms with Crippen molar-refractivity contribution in [3.8, 4) is 5.75 Å². The summed E-state index contributed by atoms with van der Waals surface area (Å²) in [5.41, 5.74) is 1.61. The van der Waals surface area contributed by atoms with Crippen molar-refractivity contribution in [3.05, 3.63) is 60.0 Å². The first-order chi connectivity index (χ1) is 11.7. The molecule has 2 N–H and O–H groups in total. The first-order valence-electron chi connectivity index (χ1n) is 7.47. The fraction of sp³-hybridized carbons (Fsp3) is 0.167. The molecule has 2 aromatic carbocycles. The van der Waals surface area contributed by atoms with Gasteiger partial charge in [0.15, 0.2) is 0 Å². The Morgan fingerprint density at radius 2 is 2.04 bits per heavy atom. The molecule has 3 aromatic rings. The van der Waals surface area contributed by atoms with Crippen molar-refractivity contribution < 1.29 is 18.7 Å². The van der Waals surface area contributed by atoms with Crippen molar-refractivity contribution in [1.29, 1.82) is 0 Å². The fourth-order valence-electron chi connectivity index (χ4n) is 2.34. The zero-order valence-corrected chi connectivity index (χ0v) is 13.1. The highest BCUT2D eigenvalue weighted by atomic mass is 19.1. The van der Waals surface area contributed by atoms with Crippen LogP contribution in [0, 0.1) is 5.82 Å². The second-order valence-corrected chi connectivity index (χ2v) is 5.22. The number of H-pyrrole nitrogens is 1. The number of benzene rings is 2. The Morgan fingerprint density at radius 1 is 1.17 bits per heavy atom. The van der Waals surface area contributed by atoms with Gasteiger partial charge < -0.3 is 19.8 Å². The Hall–Kier alpha value is -2.86. The van der Waals surface area contributed by atoms with Crippen LogP contribution < -0.4 is 10.1 Å². The number of ether oxygens (including phenoxy) is 2. The lowest BCUT2D eigenvalue weighted by molar-refractivity contribution is 0.102. The van der Waals surface area contributed by atoms with E-state index in [-0.39, 0.29) is 11.6 Å². The molecule has 1 heterocycles. The Bertz CT molecular complexity index is 860. The van der Waals surface area contributed by atoms with E-state index in [0.717, 1.165) is 10.9 Å². The van der Waals surface area contributed by atoms with Crippen molar-refractivity contribution in [2.24, 2.45) is 0 Å². The first-order valence-corrected chi connectivity index (χ1v) is 7.47. The van der Waals surface area contributed by atoms with Crippen LogP contribution in [0.3, 0.4) is 0 Å². The van der Waals surface area contributed by atoms with Gasteiger partial charge in [0.25, 0.3) is 5.91 Å². The summed E-state index contributed by atoms with van der Waals surface area (Å²) < 4.78 is 24.0. The molecule has 0 saturated carbocycles. The third-order valence-corrected chi connectivity index (χ3v) is 3.55. The summed E-state index contributed by atoms with van der Waals surface area (Å²) in [5.74, 6) is -0.402. The standard InChI is InChI=1S/C18H17FN2O3/c1-23-8-9-24-17-5-4-14(19)11-16(17)21-18(22)13-3-2-12-6-7-20-15(12)10-13/h2-7,10-11,20H,8-9H2,1H3,(H,21,22). The molecule has 3 rings (SSSR count). The number of aromatic amines is 1. The molecule has 0 aliphatic heterocycles. The van der Waals surface area contributed by atoms with Crippen LogP contribution in [0.2, 0.25) is 0 Å². The highest BCUT2D eigenvalue weighted by Gasteiger charge is 2.12. The smallest absolute Gasteiger partial charge is 0.255 e. The van der Waals surface area contributed by atoms with Gasteiger partial charge in [-0.25, -0.2) is 4.39 Å². The summed E-state index contributed by atoms with van der Waals surface area (Å²) in [5, 5.41) is 3.71. The van der Waals surface area contributed by atoms with Gasteiger partial charge in [0, 0.05) is 30.5 Å². The van der Waals surface area contributed by atoms with Crippen molar-refractivity contribution >= 4 is 22.5 Å². The highest BCUT2D eigenvalue weighted by Crippen LogP contribution is 2.26. The largest absolute Gasteiger partial charge is 0.489 e. The van der Waals surface area contributed by atoms with Gasteiger partial charge in [-0.2, -0.15) is 0 Å². The number of hydrogen-bond donors (Lipinski definition) is 2. The number of methoxy groups -OCH3 is 1. The van der Waals surface area contributed by atoms with Gasteiger partial charge >= 0.3 is 0 Å². The number of halogens is 1. The van der Waals surface area contributed by atoms with Crippen LogP contribution in [0.25, 0.3) is 10.9 Å². The second kappa shape index (κ2) is 7.14. The lowest BCUT2D eigenvalue weighted by atomic mass is 10.1. The molecule has 0 saturated heterocycles. The normalized spacial score (nSPS) is 10.8. The van der Waals surface area contributed by atoms with Crippen molar-refractivity contribution in [2.75, 3.05) is 25.6 Å². The Kier molecular flexibility index (Phi) is 4.77. The summed E-state index contributed by atoms with van der Waals surface area (Å²) in [6, 6.07) is 11.2. The Labute approximate surface area is 138 Å². The minimum Gasteiger partial charge on any atom is -0.489 e. The highest BCUT2D eigenvalue weighted by molar-refractivity contribution is 6.06. The van der Waals surface area contributed by atoms with Crippen LogP contribution in [-0.4, -0.2) is 31.2 Å². The van der Waals surface area contributed by atoms with Gasteiger partial charge in [0.2, 0.25) is 0 Å². The van der Waals surface area contributed by atoms with Crippen LogP contribution in [0.15, 0.2) is 48.7 Å². The van der Waals surface area contributed by atoms with Crippen molar-refractivity contribution in [3.63, 3.8) is 0 Å². The van der Waals surface area contributed by atoms with Gasteiger partial charge in [-0.15, -0.1) is 0 Å². The van der Waals surface area contributed by atoms with Gasteiger partial charge in [0.1, 0.15) is 18.2 Å². The quantitative estimate of drug-likeness (QED) is 0.680. The van der Waals surface area contributed by atoms with E-state index < -0.39 is 5.82 Å². The van der Waals surface area contributed by atoms with E-state index in [1.165, 1.54) is 18.2 Å². The van der Waals surface area contributed by atoms with E-state index in [9.17, 15) is 9.18 Å². The van der Waals surface area contributed by atoms with Crippen LogP contribution in [0.1, 0.15) is 10.4 Å². The van der Waals surface area contributed by atoms with Crippen LogP contribution >= 0.6 is 0 Å². The molecule has 0 radical (unpaired) electrons. The molecule has 5 nitrogen and oxygen atoms in total. The number of aromatic nitrogens is 1. The predicted molar refractivity (Wildman–Crippen MR) is 90.0 cm³/mol.